The molecule has 1 aromatic heterocycles. The second kappa shape index (κ2) is 4.65. The van der Waals surface area contributed by atoms with Crippen LogP contribution in [0.25, 0.3) is 0 Å². The topological polar surface area (TPSA) is 42.0 Å². The summed E-state index contributed by atoms with van der Waals surface area (Å²) in [7, 11) is 0. The van der Waals surface area contributed by atoms with E-state index in [2.05, 4.69) is 24.1 Å². The first-order valence-corrected chi connectivity index (χ1v) is 6.29. The van der Waals surface area contributed by atoms with Crippen molar-refractivity contribution in [1.82, 2.24) is 10.3 Å². The van der Waals surface area contributed by atoms with Crippen molar-refractivity contribution in [2.45, 2.75) is 39.2 Å². The summed E-state index contributed by atoms with van der Waals surface area (Å²) in [5.74, 6) is -0.122. The van der Waals surface area contributed by atoms with Gasteiger partial charge in [-0.1, -0.05) is 31.9 Å². The molecule has 1 heterocycles. The number of rotatable bonds is 2. The second-order valence-electron chi connectivity index (χ2n) is 5.26. The largest absolute Gasteiger partial charge is 0.349 e. The van der Waals surface area contributed by atoms with Gasteiger partial charge < -0.3 is 5.32 Å². The van der Waals surface area contributed by atoms with Crippen LogP contribution in [0, 0.1) is 5.41 Å². The van der Waals surface area contributed by atoms with E-state index in [0.29, 0.717) is 10.6 Å². The lowest BCUT2D eigenvalue weighted by atomic mass is 9.87. The highest BCUT2D eigenvalue weighted by molar-refractivity contribution is 6.33. The summed E-state index contributed by atoms with van der Waals surface area (Å²) >= 11 is 5.97. The molecule has 2 rings (SSSR count). The molecule has 0 radical (unpaired) electrons. The number of carbonyl (C=O) groups excluding carboxylic acids is 1. The van der Waals surface area contributed by atoms with Gasteiger partial charge >= 0.3 is 0 Å². The maximum absolute atomic E-state index is 12.1. The Hall–Kier alpha value is -1.09. The highest BCUT2D eigenvalue weighted by Gasteiger charge is 2.35. The van der Waals surface area contributed by atoms with Crippen LogP contribution in [-0.2, 0) is 0 Å². The minimum atomic E-state index is -0.122. The number of hydrogen-bond donors (Lipinski definition) is 1. The molecule has 1 aromatic rings. The zero-order chi connectivity index (χ0) is 12.5. The van der Waals surface area contributed by atoms with E-state index in [1.807, 2.05) is 0 Å². The van der Waals surface area contributed by atoms with Crippen molar-refractivity contribution in [2.24, 2.45) is 5.41 Å². The van der Waals surface area contributed by atoms with Crippen LogP contribution in [0.5, 0.6) is 0 Å². The Morgan fingerprint density at radius 2 is 2.35 bits per heavy atom. The molecular formula is C13H17ClN2O. The summed E-state index contributed by atoms with van der Waals surface area (Å²) in [5, 5.41) is 3.52. The predicted octanol–water partition coefficient (Wildman–Crippen LogP) is 3.04. The molecule has 1 N–H and O–H groups in total. The van der Waals surface area contributed by atoms with Crippen molar-refractivity contribution in [3.8, 4) is 0 Å². The van der Waals surface area contributed by atoms with Crippen molar-refractivity contribution < 1.29 is 4.79 Å². The first kappa shape index (κ1) is 12.4. The Bertz CT molecular complexity index is 431. The lowest BCUT2D eigenvalue weighted by Gasteiger charge is -2.27. The van der Waals surface area contributed by atoms with Crippen molar-refractivity contribution in [3.05, 3.63) is 29.0 Å². The minimum Gasteiger partial charge on any atom is -0.349 e. The Labute approximate surface area is 107 Å². The summed E-state index contributed by atoms with van der Waals surface area (Å²) in [4.78, 5) is 16.0. The molecule has 0 bridgehead atoms. The molecule has 1 amide bonds. The molecule has 1 aliphatic carbocycles. The Kier molecular flexibility index (Phi) is 3.38. The number of carbonyl (C=O) groups is 1. The van der Waals surface area contributed by atoms with Crippen LogP contribution in [0.4, 0.5) is 0 Å². The molecule has 4 heteroatoms. The van der Waals surface area contributed by atoms with Gasteiger partial charge in [-0.05, 0) is 24.3 Å². The molecule has 1 fully saturated rings. The first-order chi connectivity index (χ1) is 8.00. The van der Waals surface area contributed by atoms with E-state index in [-0.39, 0.29) is 17.4 Å². The van der Waals surface area contributed by atoms with E-state index in [1.54, 1.807) is 12.3 Å². The SMILES string of the molecule is CC1(C)CCCC1NC(=O)c1cnccc1Cl. The molecule has 1 aliphatic rings. The van der Waals surface area contributed by atoms with Crippen molar-refractivity contribution in [1.29, 1.82) is 0 Å². The van der Waals surface area contributed by atoms with Crippen molar-refractivity contribution >= 4 is 17.5 Å². The molecule has 3 nitrogen and oxygen atoms in total. The normalized spacial score (nSPS) is 22.4. The van der Waals surface area contributed by atoms with Gasteiger partial charge in [0.25, 0.3) is 5.91 Å². The third-order valence-electron chi connectivity index (χ3n) is 3.58. The maximum Gasteiger partial charge on any atom is 0.254 e. The summed E-state index contributed by atoms with van der Waals surface area (Å²) in [6, 6.07) is 1.86. The van der Waals surface area contributed by atoms with Gasteiger partial charge in [0.1, 0.15) is 0 Å². The lowest BCUT2D eigenvalue weighted by molar-refractivity contribution is 0.0910. The quantitative estimate of drug-likeness (QED) is 0.879. The third-order valence-corrected chi connectivity index (χ3v) is 3.90. The van der Waals surface area contributed by atoms with E-state index in [1.165, 1.54) is 12.6 Å². The van der Waals surface area contributed by atoms with Crippen LogP contribution in [0.3, 0.4) is 0 Å². The highest BCUT2D eigenvalue weighted by Crippen LogP contribution is 2.37. The molecule has 17 heavy (non-hydrogen) atoms. The third kappa shape index (κ3) is 2.60. The Balaban J connectivity index is 2.10. The van der Waals surface area contributed by atoms with Crippen LogP contribution < -0.4 is 5.32 Å². The molecule has 0 saturated heterocycles. The highest BCUT2D eigenvalue weighted by atomic mass is 35.5. The van der Waals surface area contributed by atoms with E-state index in [4.69, 9.17) is 11.6 Å². The van der Waals surface area contributed by atoms with Crippen LogP contribution >= 0.6 is 11.6 Å². The summed E-state index contributed by atoms with van der Waals surface area (Å²) in [5.41, 5.74) is 0.626. The van der Waals surface area contributed by atoms with Gasteiger partial charge in [-0.25, -0.2) is 0 Å². The number of pyridine rings is 1. The molecule has 0 spiro atoms. The number of nitrogens with one attached hydrogen (secondary N) is 1. The smallest absolute Gasteiger partial charge is 0.254 e. The molecule has 1 unspecified atom stereocenters. The monoisotopic (exact) mass is 252 g/mol. The fraction of sp³-hybridized carbons (Fsp3) is 0.538. The average molecular weight is 253 g/mol. The van der Waals surface area contributed by atoms with Gasteiger partial charge in [0.05, 0.1) is 10.6 Å². The molecule has 1 saturated carbocycles. The van der Waals surface area contributed by atoms with E-state index >= 15 is 0 Å². The maximum atomic E-state index is 12.1. The minimum absolute atomic E-state index is 0.122. The fourth-order valence-electron chi connectivity index (χ4n) is 2.37. The predicted molar refractivity (Wildman–Crippen MR) is 68.1 cm³/mol. The Morgan fingerprint density at radius 3 is 2.94 bits per heavy atom. The lowest BCUT2D eigenvalue weighted by Crippen LogP contribution is -2.41. The van der Waals surface area contributed by atoms with Crippen LogP contribution in [0.1, 0.15) is 43.5 Å². The summed E-state index contributed by atoms with van der Waals surface area (Å²) in [6.07, 6.45) is 6.45. The van der Waals surface area contributed by atoms with Gasteiger partial charge in [0.15, 0.2) is 0 Å². The zero-order valence-electron chi connectivity index (χ0n) is 10.2. The second-order valence-corrected chi connectivity index (χ2v) is 5.67. The van der Waals surface area contributed by atoms with Crippen LogP contribution in [0.2, 0.25) is 5.02 Å². The zero-order valence-corrected chi connectivity index (χ0v) is 10.9. The average Bonchev–Trinajstić information content (AvgIpc) is 2.59. The number of hydrogen-bond acceptors (Lipinski definition) is 2. The van der Waals surface area contributed by atoms with E-state index in [0.717, 1.165) is 12.8 Å². The summed E-state index contributed by atoms with van der Waals surface area (Å²) in [6.45, 7) is 4.38. The first-order valence-electron chi connectivity index (χ1n) is 5.91. The molecule has 1 atom stereocenters. The van der Waals surface area contributed by atoms with E-state index < -0.39 is 0 Å². The summed E-state index contributed by atoms with van der Waals surface area (Å²) < 4.78 is 0. The number of nitrogens with zero attached hydrogens (tertiary/aromatic N) is 1. The molecule has 92 valence electrons. The van der Waals surface area contributed by atoms with Gasteiger partial charge in [0, 0.05) is 18.4 Å². The molecular weight excluding hydrogens is 236 g/mol. The van der Waals surface area contributed by atoms with Gasteiger partial charge in [0.2, 0.25) is 0 Å². The number of aromatic nitrogens is 1. The molecule has 0 aromatic carbocycles. The van der Waals surface area contributed by atoms with Gasteiger partial charge in [-0.15, -0.1) is 0 Å². The fourth-order valence-corrected chi connectivity index (χ4v) is 2.57. The van der Waals surface area contributed by atoms with Gasteiger partial charge in [-0.3, -0.25) is 9.78 Å². The van der Waals surface area contributed by atoms with Crippen LogP contribution in [-0.4, -0.2) is 16.9 Å². The van der Waals surface area contributed by atoms with Crippen molar-refractivity contribution in [2.75, 3.05) is 0 Å². The Morgan fingerprint density at radius 1 is 1.59 bits per heavy atom. The number of amides is 1. The van der Waals surface area contributed by atoms with E-state index in [9.17, 15) is 4.79 Å². The van der Waals surface area contributed by atoms with Crippen molar-refractivity contribution in [3.63, 3.8) is 0 Å². The standard InChI is InChI=1S/C13H17ClN2O/c1-13(2)6-3-4-11(13)16-12(17)9-8-15-7-5-10(9)14/h5,7-8,11H,3-4,6H2,1-2H3,(H,16,17). The van der Waals surface area contributed by atoms with Gasteiger partial charge in [-0.2, -0.15) is 0 Å². The number of halogens is 1. The van der Waals surface area contributed by atoms with Crippen LogP contribution in [0.15, 0.2) is 18.5 Å². The molecule has 0 aliphatic heterocycles.